The van der Waals surface area contributed by atoms with Crippen molar-refractivity contribution in [3.63, 3.8) is 0 Å². The van der Waals surface area contributed by atoms with Crippen LogP contribution in [0.4, 0.5) is 10.5 Å². The number of urea groups is 1. The number of carbonyl (C=O) groups excluding carboxylic acids is 1. The molecule has 0 aliphatic carbocycles. The lowest BCUT2D eigenvalue weighted by Gasteiger charge is -2.36. The maximum absolute atomic E-state index is 12.7. The predicted octanol–water partition coefficient (Wildman–Crippen LogP) is 2.88. The Morgan fingerprint density at radius 1 is 1.15 bits per heavy atom. The van der Waals surface area contributed by atoms with Crippen LogP contribution in [0, 0.1) is 5.41 Å². The van der Waals surface area contributed by atoms with E-state index in [0.29, 0.717) is 5.41 Å². The highest BCUT2D eigenvalue weighted by Gasteiger charge is 2.41. The molecule has 2 amide bonds. The number of carbonyl (C=O) groups is 1. The third-order valence-corrected chi connectivity index (χ3v) is 6.53. The van der Waals surface area contributed by atoms with E-state index in [1.807, 2.05) is 23.1 Å². The fourth-order valence-corrected chi connectivity index (χ4v) is 4.74. The molecule has 6 nitrogen and oxygen atoms in total. The third kappa shape index (κ3) is 4.00. The highest BCUT2D eigenvalue weighted by Crippen LogP contribution is 2.39. The lowest BCUT2D eigenvalue weighted by Crippen LogP contribution is -2.49. The molecule has 1 aromatic carbocycles. The first-order valence-corrected chi connectivity index (χ1v) is 10.2. The summed E-state index contributed by atoms with van der Waals surface area (Å²) in [5.41, 5.74) is 1.45. The van der Waals surface area contributed by atoms with Crippen molar-refractivity contribution >= 4 is 11.7 Å². The van der Waals surface area contributed by atoms with E-state index >= 15 is 0 Å². The van der Waals surface area contributed by atoms with Crippen LogP contribution in [-0.4, -0.2) is 63.5 Å². The second kappa shape index (κ2) is 7.97. The van der Waals surface area contributed by atoms with E-state index in [4.69, 9.17) is 9.47 Å². The molecule has 1 N–H and O–H groups in total. The zero-order chi connectivity index (χ0) is 18.7. The van der Waals surface area contributed by atoms with Crippen molar-refractivity contribution in [3.05, 3.63) is 24.3 Å². The molecule has 3 fully saturated rings. The standard InChI is InChI=1S/C21H31N3O3/c1-26-19-5-3-2-4-18(19)23-11-6-17(7-12-23)22-20(25)24-13-8-21(16-24)9-14-27-15-10-21/h2-5,17H,6-16H2,1H3,(H,22,25). The summed E-state index contributed by atoms with van der Waals surface area (Å²) in [4.78, 5) is 17.1. The fraction of sp³-hybridized carbons (Fsp3) is 0.667. The van der Waals surface area contributed by atoms with Gasteiger partial charge in [-0.15, -0.1) is 0 Å². The monoisotopic (exact) mass is 373 g/mol. The van der Waals surface area contributed by atoms with Crippen LogP contribution < -0.4 is 15.0 Å². The first-order chi connectivity index (χ1) is 13.2. The van der Waals surface area contributed by atoms with Crippen LogP contribution in [0.3, 0.4) is 0 Å². The number of nitrogens with one attached hydrogen (secondary N) is 1. The van der Waals surface area contributed by atoms with Crippen molar-refractivity contribution in [2.24, 2.45) is 5.41 Å². The van der Waals surface area contributed by atoms with Crippen molar-refractivity contribution in [3.8, 4) is 5.75 Å². The van der Waals surface area contributed by atoms with Crippen molar-refractivity contribution in [1.29, 1.82) is 0 Å². The quantitative estimate of drug-likeness (QED) is 0.885. The van der Waals surface area contributed by atoms with Crippen molar-refractivity contribution in [1.82, 2.24) is 10.2 Å². The smallest absolute Gasteiger partial charge is 0.317 e. The first kappa shape index (κ1) is 18.4. The van der Waals surface area contributed by atoms with E-state index in [1.54, 1.807) is 7.11 Å². The molecule has 148 valence electrons. The van der Waals surface area contributed by atoms with Gasteiger partial charge in [-0.2, -0.15) is 0 Å². The summed E-state index contributed by atoms with van der Waals surface area (Å²) in [6.07, 6.45) is 5.24. The Bertz CT molecular complexity index is 652. The van der Waals surface area contributed by atoms with Crippen LogP contribution in [0.5, 0.6) is 5.75 Å². The Labute approximate surface area is 161 Å². The molecule has 3 aliphatic heterocycles. The van der Waals surface area contributed by atoms with Gasteiger partial charge in [-0.3, -0.25) is 0 Å². The van der Waals surface area contributed by atoms with Crippen molar-refractivity contribution < 1.29 is 14.3 Å². The Balaban J connectivity index is 1.27. The number of hydrogen-bond acceptors (Lipinski definition) is 4. The normalized spacial score (nSPS) is 22.9. The molecular formula is C21H31N3O3. The van der Waals surface area contributed by atoms with Gasteiger partial charge in [0.15, 0.2) is 0 Å². The molecule has 3 aliphatic rings. The zero-order valence-corrected chi connectivity index (χ0v) is 16.3. The molecule has 6 heteroatoms. The fourth-order valence-electron chi connectivity index (χ4n) is 4.74. The third-order valence-electron chi connectivity index (χ3n) is 6.53. The molecule has 3 heterocycles. The van der Waals surface area contributed by atoms with Gasteiger partial charge in [-0.1, -0.05) is 12.1 Å². The highest BCUT2D eigenvalue weighted by atomic mass is 16.5. The van der Waals surface area contributed by atoms with E-state index in [9.17, 15) is 4.79 Å². The molecule has 0 atom stereocenters. The number of ether oxygens (including phenoxy) is 2. The minimum atomic E-state index is 0.120. The summed E-state index contributed by atoms with van der Waals surface area (Å²) in [6.45, 7) is 5.33. The number of likely N-dealkylation sites (tertiary alicyclic amines) is 1. The number of hydrogen-bond donors (Lipinski definition) is 1. The molecule has 0 unspecified atom stereocenters. The Morgan fingerprint density at radius 2 is 1.89 bits per heavy atom. The van der Waals surface area contributed by atoms with Gasteiger partial charge in [-0.25, -0.2) is 4.79 Å². The van der Waals surface area contributed by atoms with Crippen molar-refractivity contribution in [2.75, 3.05) is 51.4 Å². The van der Waals surface area contributed by atoms with E-state index in [1.165, 1.54) is 0 Å². The summed E-state index contributed by atoms with van der Waals surface area (Å²) in [6, 6.07) is 8.53. The predicted molar refractivity (Wildman–Crippen MR) is 105 cm³/mol. The molecule has 1 spiro atoms. The number of anilines is 1. The zero-order valence-electron chi connectivity index (χ0n) is 16.3. The van der Waals surface area contributed by atoms with E-state index in [-0.39, 0.29) is 12.1 Å². The number of methoxy groups -OCH3 is 1. The van der Waals surface area contributed by atoms with E-state index in [2.05, 4.69) is 16.3 Å². The number of amides is 2. The molecule has 0 saturated carbocycles. The summed E-state index contributed by atoms with van der Waals surface area (Å²) >= 11 is 0. The number of benzene rings is 1. The Morgan fingerprint density at radius 3 is 2.63 bits per heavy atom. The van der Waals surface area contributed by atoms with Crippen LogP contribution in [0.15, 0.2) is 24.3 Å². The first-order valence-electron chi connectivity index (χ1n) is 10.2. The molecule has 3 saturated heterocycles. The average Bonchev–Trinajstić information content (AvgIpc) is 3.12. The van der Waals surface area contributed by atoms with Crippen molar-refractivity contribution in [2.45, 2.75) is 38.1 Å². The van der Waals surface area contributed by atoms with E-state index in [0.717, 1.165) is 82.9 Å². The van der Waals surface area contributed by atoms with Crippen LogP contribution in [0.2, 0.25) is 0 Å². The lowest BCUT2D eigenvalue weighted by molar-refractivity contribution is 0.0208. The summed E-state index contributed by atoms with van der Waals surface area (Å²) < 4.78 is 11.0. The van der Waals surface area contributed by atoms with Crippen LogP contribution in [0.25, 0.3) is 0 Å². The van der Waals surface area contributed by atoms with Gasteiger partial charge in [0.25, 0.3) is 0 Å². The molecule has 0 radical (unpaired) electrons. The SMILES string of the molecule is COc1ccccc1N1CCC(NC(=O)N2CCC3(CCOCC3)C2)CC1. The van der Waals surface area contributed by atoms with Gasteiger partial charge in [0.2, 0.25) is 0 Å². The molecule has 1 aromatic rings. The second-order valence-electron chi connectivity index (χ2n) is 8.17. The molecule has 4 rings (SSSR count). The Hall–Kier alpha value is -1.95. The number of para-hydroxylation sites is 2. The maximum atomic E-state index is 12.7. The number of piperidine rings is 1. The van der Waals surface area contributed by atoms with Gasteiger partial charge in [0.05, 0.1) is 12.8 Å². The molecule has 0 aromatic heterocycles. The van der Waals surface area contributed by atoms with Crippen LogP contribution in [0.1, 0.15) is 32.1 Å². The lowest BCUT2D eigenvalue weighted by atomic mass is 9.80. The summed E-state index contributed by atoms with van der Waals surface area (Å²) in [7, 11) is 1.72. The minimum absolute atomic E-state index is 0.120. The molecule has 27 heavy (non-hydrogen) atoms. The molecular weight excluding hydrogens is 342 g/mol. The van der Waals surface area contributed by atoms with Gasteiger partial charge in [0.1, 0.15) is 5.75 Å². The van der Waals surface area contributed by atoms with Gasteiger partial charge < -0.3 is 24.6 Å². The summed E-state index contributed by atoms with van der Waals surface area (Å²) in [5.74, 6) is 0.916. The van der Waals surface area contributed by atoms with Crippen LogP contribution >= 0.6 is 0 Å². The number of nitrogens with zero attached hydrogens (tertiary/aromatic N) is 2. The largest absolute Gasteiger partial charge is 0.495 e. The maximum Gasteiger partial charge on any atom is 0.317 e. The van der Waals surface area contributed by atoms with E-state index < -0.39 is 0 Å². The second-order valence-corrected chi connectivity index (χ2v) is 8.17. The highest BCUT2D eigenvalue weighted by molar-refractivity contribution is 5.75. The van der Waals surface area contributed by atoms with Gasteiger partial charge >= 0.3 is 6.03 Å². The van der Waals surface area contributed by atoms with Crippen LogP contribution in [-0.2, 0) is 4.74 Å². The Kier molecular flexibility index (Phi) is 5.43. The molecule has 0 bridgehead atoms. The average molecular weight is 373 g/mol. The minimum Gasteiger partial charge on any atom is -0.495 e. The van der Waals surface area contributed by atoms with Gasteiger partial charge in [0, 0.05) is 45.4 Å². The number of rotatable bonds is 3. The van der Waals surface area contributed by atoms with Gasteiger partial charge in [-0.05, 0) is 49.7 Å². The summed E-state index contributed by atoms with van der Waals surface area (Å²) in [5, 5.41) is 3.28. The topological polar surface area (TPSA) is 54.0 Å².